The predicted molar refractivity (Wildman–Crippen MR) is 80.6 cm³/mol. The second kappa shape index (κ2) is 6.88. The summed E-state index contributed by atoms with van der Waals surface area (Å²) in [6.07, 6.45) is 3.91. The van der Waals surface area contributed by atoms with E-state index in [1.807, 2.05) is 19.2 Å². The van der Waals surface area contributed by atoms with Gasteiger partial charge in [-0.25, -0.2) is 4.98 Å². The maximum absolute atomic E-state index is 6.21. The number of methoxy groups -OCH3 is 1. The van der Waals surface area contributed by atoms with Crippen molar-refractivity contribution in [3.05, 3.63) is 51.9 Å². The Hall–Kier alpha value is -1.36. The Morgan fingerprint density at radius 2 is 2.00 bits per heavy atom. The average Bonchev–Trinajstić information content (AvgIpc) is 2.46. The van der Waals surface area contributed by atoms with Gasteiger partial charge in [-0.1, -0.05) is 29.3 Å². The van der Waals surface area contributed by atoms with E-state index < -0.39 is 0 Å². The monoisotopic (exact) mass is 311 g/mol. The fourth-order valence-corrected chi connectivity index (χ4v) is 2.46. The van der Waals surface area contributed by atoms with Crippen LogP contribution < -0.4 is 10.1 Å². The van der Waals surface area contributed by atoms with E-state index in [1.54, 1.807) is 25.6 Å². The topological polar surface area (TPSA) is 47.0 Å². The minimum Gasteiger partial charge on any atom is -0.480 e. The molecule has 0 saturated carbocycles. The Bertz CT molecular complexity index is 592. The van der Waals surface area contributed by atoms with Gasteiger partial charge in [-0.3, -0.25) is 4.98 Å². The van der Waals surface area contributed by atoms with Gasteiger partial charge in [0.2, 0.25) is 5.88 Å². The van der Waals surface area contributed by atoms with Crippen LogP contribution >= 0.6 is 23.2 Å². The highest BCUT2D eigenvalue weighted by Gasteiger charge is 2.18. The van der Waals surface area contributed by atoms with Crippen molar-refractivity contribution in [3.8, 4) is 5.88 Å². The number of ether oxygens (including phenoxy) is 1. The van der Waals surface area contributed by atoms with Crippen molar-refractivity contribution in [1.82, 2.24) is 15.3 Å². The van der Waals surface area contributed by atoms with Gasteiger partial charge < -0.3 is 10.1 Å². The minimum absolute atomic E-state index is 0.0441. The van der Waals surface area contributed by atoms with Crippen LogP contribution in [0.1, 0.15) is 17.3 Å². The molecule has 1 N–H and O–H groups in total. The molecular weight excluding hydrogens is 297 g/mol. The van der Waals surface area contributed by atoms with Gasteiger partial charge in [0.15, 0.2) is 0 Å². The van der Waals surface area contributed by atoms with Crippen molar-refractivity contribution in [2.75, 3.05) is 14.2 Å². The van der Waals surface area contributed by atoms with Crippen molar-refractivity contribution < 1.29 is 4.74 Å². The molecule has 0 bridgehead atoms. The van der Waals surface area contributed by atoms with E-state index in [9.17, 15) is 0 Å². The van der Waals surface area contributed by atoms with Crippen molar-refractivity contribution in [2.45, 2.75) is 12.5 Å². The number of nitrogens with one attached hydrogen (secondary N) is 1. The van der Waals surface area contributed by atoms with E-state index in [4.69, 9.17) is 27.9 Å². The number of nitrogens with zero attached hydrogens (tertiary/aromatic N) is 2. The largest absolute Gasteiger partial charge is 0.480 e. The molecule has 20 heavy (non-hydrogen) atoms. The zero-order valence-electron chi connectivity index (χ0n) is 11.2. The number of likely N-dealkylation sites (N-methyl/N-ethyl adjacent to an activating group) is 1. The van der Waals surface area contributed by atoms with E-state index >= 15 is 0 Å². The molecule has 0 radical (unpaired) electrons. The third-order valence-corrected chi connectivity index (χ3v) is 3.59. The molecule has 0 amide bonds. The number of rotatable bonds is 5. The Labute approximate surface area is 128 Å². The van der Waals surface area contributed by atoms with Crippen LogP contribution in [0.25, 0.3) is 0 Å². The highest BCUT2D eigenvalue weighted by Crippen LogP contribution is 2.28. The van der Waals surface area contributed by atoms with Gasteiger partial charge >= 0.3 is 0 Å². The minimum atomic E-state index is -0.0441. The third kappa shape index (κ3) is 3.39. The van der Waals surface area contributed by atoms with E-state index in [1.165, 1.54) is 0 Å². The molecule has 0 aliphatic carbocycles. The summed E-state index contributed by atoms with van der Waals surface area (Å²) < 4.78 is 5.25. The number of benzene rings is 1. The molecule has 1 unspecified atom stereocenters. The molecule has 2 aromatic rings. The Morgan fingerprint density at radius 1 is 1.25 bits per heavy atom. The zero-order chi connectivity index (χ0) is 14.5. The standard InChI is InChI=1S/C14H15Cl2N3O/c1-17-12(13-14(20-2)19-6-5-18-13)7-9-3-4-10(15)8-11(9)16/h3-6,8,12,17H,7H2,1-2H3. The van der Waals surface area contributed by atoms with Gasteiger partial charge in [-0.2, -0.15) is 0 Å². The smallest absolute Gasteiger partial charge is 0.237 e. The molecule has 1 aromatic carbocycles. The lowest BCUT2D eigenvalue weighted by atomic mass is 10.0. The highest BCUT2D eigenvalue weighted by molar-refractivity contribution is 6.35. The van der Waals surface area contributed by atoms with Crippen LogP contribution in [0.5, 0.6) is 5.88 Å². The first-order valence-electron chi connectivity index (χ1n) is 6.11. The molecule has 1 atom stereocenters. The molecule has 1 aromatic heterocycles. The van der Waals surface area contributed by atoms with Crippen molar-refractivity contribution in [2.24, 2.45) is 0 Å². The Morgan fingerprint density at radius 3 is 2.65 bits per heavy atom. The van der Waals surface area contributed by atoms with Gasteiger partial charge in [0, 0.05) is 22.4 Å². The van der Waals surface area contributed by atoms with Gasteiger partial charge in [-0.15, -0.1) is 0 Å². The molecule has 0 fully saturated rings. The van der Waals surface area contributed by atoms with Gasteiger partial charge in [0.1, 0.15) is 5.69 Å². The van der Waals surface area contributed by atoms with Crippen molar-refractivity contribution >= 4 is 23.2 Å². The Kier molecular flexibility index (Phi) is 5.17. The second-order valence-corrected chi connectivity index (χ2v) is 5.08. The molecule has 4 nitrogen and oxygen atoms in total. The van der Waals surface area contributed by atoms with Crippen LogP contribution in [0.3, 0.4) is 0 Å². The summed E-state index contributed by atoms with van der Waals surface area (Å²) in [6.45, 7) is 0. The van der Waals surface area contributed by atoms with Crippen molar-refractivity contribution in [1.29, 1.82) is 0 Å². The lowest BCUT2D eigenvalue weighted by molar-refractivity contribution is 0.379. The zero-order valence-corrected chi connectivity index (χ0v) is 12.7. The van der Waals surface area contributed by atoms with Crippen LogP contribution in [0.15, 0.2) is 30.6 Å². The fraction of sp³-hybridized carbons (Fsp3) is 0.286. The molecule has 106 valence electrons. The number of aromatic nitrogens is 2. The second-order valence-electron chi connectivity index (χ2n) is 4.23. The number of halogens is 2. The Balaban J connectivity index is 2.29. The molecule has 0 spiro atoms. The SMILES string of the molecule is CNC(Cc1ccc(Cl)cc1Cl)c1nccnc1OC. The van der Waals surface area contributed by atoms with Crippen LogP contribution in [-0.4, -0.2) is 24.1 Å². The molecular formula is C14H15Cl2N3O. The summed E-state index contributed by atoms with van der Waals surface area (Å²) >= 11 is 12.1. The summed E-state index contributed by atoms with van der Waals surface area (Å²) in [7, 11) is 3.44. The van der Waals surface area contributed by atoms with Crippen LogP contribution in [0, 0.1) is 0 Å². The number of hydrogen-bond donors (Lipinski definition) is 1. The number of hydrogen-bond acceptors (Lipinski definition) is 4. The van der Waals surface area contributed by atoms with E-state index in [0.717, 1.165) is 11.3 Å². The van der Waals surface area contributed by atoms with E-state index in [0.29, 0.717) is 22.3 Å². The quantitative estimate of drug-likeness (QED) is 0.920. The molecule has 2 rings (SSSR count). The van der Waals surface area contributed by atoms with Gasteiger partial charge in [0.25, 0.3) is 0 Å². The van der Waals surface area contributed by atoms with E-state index in [-0.39, 0.29) is 6.04 Å². The van der Waals surface area contributed by atoms with Gasteiger partial charge in [-0.05, 0) is 31.2 Å². The lowest BCUT2D eigenvalue weighted by Gasteiger charge is -2.18. The summed E-state index contributed by atoms with van der Waals surface area (Å²) in [5.74, 6) is 0.511. The third-order valence-electron chi connectivity index (χ3n) is 3.00. The average molecular weight is 312 g/mol. The van der Waals surface area contributed by atoms with Crippen LogP contribution in [0.4, 0.5) is 0 Å². The first-order valence-corrected chi connectivity index (χ1v) is 6.87. The summed E-state index contributed by atoms with van der Waals surface area (Å²) in [5.41, 5.74) is 1.74. The summed E-state index contributed by atoms with van der Waals surface area (Å²) in [4.78, 5) is 8.51. The lowest BCUT2D eigenvalue weighted by Crippen LogP contribution is -2.21. The molecule has 0 saturated heterocycles. The first-order chi connectivity index (χ1) is 9.65. The summed E-state index contributed by atoms with van der Waals surface area (Å²) in [5, 5.41) is 4.47. The summed E-state index contributed by atoms with van der Waals surface area (Å²) in [6, 6.07) is 5.43. The van der Waals surface area contributed by atoms with Crippen molar-refractivity contribution in [3.63, 3.8) is 0 Å². The molecule has 0 aliphatic heterocycles. The highest BCUT2D eigenvalue weighted by atomic mass is 35.5. The maximum atomic E-state index is 6.21. The van der Waals surface area contributed by atoms with Gasteiger partial charge in [0.05, 0.1) is 13.2 Å². The van der Waals surface area contributed by atoms with Crippen LogP contribution in [0.2, 0.25) is 10.0 Å². The fourth-order valence-electron chi connectivity index (χ4n) is 1.97. The first kappa shape index (κ1) is 15.0. The van der Waals surface area contributed by atoms with E-state index in [2.05, 4.69) is 15.3 Å². The molecule has 1 heterocycles. The predicted octanol–water partition coefficient (Wildman–Crippen LogP) is 3.30. The molecule has 6 heteroatoms. The molecule has 0 aliphatic rings. The maximum Gasteiger partial charge on any atom is 0.237 e. The normalized spacial score (nSPS) is 12.2. The van der Waals surface area contributed by atoms with Crippen LogP contribution in [-0.2, 0) is 6.42 Å².